The first-order valence-electron chi connectivity index (χ1n) is 6.14. The lowest BCUT2D eigenvalue weighted by molar-refractivity contribution is 0.414. The van der Waals surface area contributed by atoms with Crippen LogP contribution in [0, 0.1) is 0 Å². The molecule has 0 aliphatic rings. The predicted molar refractivity (Wildman–Crippen MR) is 77.2 cm³/mol. The summed E-state index contributed by atoms with van der Waals surface area (Å²) < 4.78 is 8.09. The van der Waals surface area contributed by atoms with Crippen molar-refractivity contribution < 1.29 is 4.74 Å². The van der Waals surface area contributed by atoms with Crippen molar-refractivity contribution in [1.29, 1.82) is 0 Å². The lowest BCUT2D eigenvalue weighted by Gasteiger charge is -2.06. The third-order valence-electron chi connectivity index (χ3n) is 2.81. The lowest BCUT2D eigenvalue weighted by Crippen LogP contribution is -2.02. The topological polar surface area (TPSA) is 66.0 Å². The Bertz CT molecular complexity index is 541. The number of hydrogen-bond donors (Lipinski definition) is 1. The molecule has 2 N–H and O–H groups in total. The number of nitrogens with zero attached hydrogens (tertiary/aromatic N) is 3. The summed E-state index contributed by atoms with van der Waals surface area (Å²) in [6, 6.07) is 5.88. The summed E-state index contributed by atoms with van der Waals surface area (Å²) in [5.74, 6) is 0.835. The van der Waals surface area contributed by atoms with Crippen LogP contribution < -0.4 is 10.5 Å². The molecule has 0 atom stereocenters. The molecule has 0 amide bonds. The normalized spacial score (nSPS) is 10.7. The van der Waals surface area contributed by atoms with E-state index >= 15 is 0 Å². The summed E-state index contributed by atoms with van der Waals surface area (Å²) in [6.45, 7) is 1.34. The zero-order chi connectivity index (χ0) is 13.7. The molecule has 1 aromatic heterocycles. The van der Waals surface area contributed by atoms with E-state index in [0.29, 0.717) is 13.1 Å². The largest absolute Gasteiger partial charge is 0.497 e. The highest BCUT2D eigenvalue weighted by atomic mass is 79.9. The van der Waals surface area contributed by atoms with Crippen molar-refractivity contribution in [3.63, 3.8) is 0 Å². The van der Waals surface area contributed by atoms with Crippen molar-refractivity contribution in [3.8, 4) is 5.75 Å². The van der Waals surface area contributed by atoms with Gasteiger partial charge in [-0.1, -0.05) is 21.1 Å². The van der Waals surface area contributed by atoms with Crippen LogP contribution in [0.3, 0.4) is 0 Å². The maximum absolute atomic E-state index is 5.48. The van der Waals surface area contributed by atoms with E-state index < -0.39 is 0 Å². The number of halogens is 1. The Kier molecular flexibility index (Phi) is 4.93. The molecule has 0 radical (unpaired) electrons. The number of benzene rings is 1. The van der Waals surface area contributed by atoms with Crippen molar-refractivity contribution in [2.24, 2.45) is 5.73 Å². The highest BCUT2D eigenvalue weighted by Crippen LogP contribution is 2.23. The zero-order valence-electron chi connectivity index (χ0n) is 10.8. The van der Waals surface area contributed by atoms with Gasteiger partial charge in [0.15, 0.2) is 0 Å². The van der Waals surface area contributed by atoms with E-state index in [4.69, 9.17) is 10.5 Å². The average molecular weight is 325 g/mol. The molecule has 6 heteroatoms. The van der Waals surface area contributed by atoms with Crippen LogP contribution in [0.5, 0.6) is 5.75 Å². The van der Waals surface area contributed by atoms with E-state index in [1.54, 1.807) is 7.11 Å². The molecule has 1 heterocycles. The summed E-state index contributed by atoms with van der Waals surface area (Å²) in [5.41, 5.74) is 7.57. The van der Waals surface area contributed by atoms with Crippen LogP contribution in [-0.4, -0.2) is 28.6 Å². The number of ether oxygens (including phenoxy) is 1. The van der Waals surface area contributed by atoms with Gasteiger partial charge < -0.3 is 10.5 Å². The van der Waals surface area contributed by atoms with Crippen molar-refractivity contribution in [3.05, 3.63) is 40.1 Å². The molecule has 2 rings (SSSR count). The standard InChI is InChI=1S/C13H17BrN4O/c1-19-12-4-5-13(14)10(7-12)8-18-9-11(16-17-18)3-2-6-15/h4-5,7,9H,2-3,6,8,15H2,1H3. The molecule has 0 aliphatic heterocycles. The minimum Gasteiger partial charge on any atom is -0.497 e. The Morgan fingerprint density at radius 3 is 3.00 bits per heavy atom. The van der Waals surface area contributed by atoms with E-state index in [9.17, 15) is 0 Å². The highest BCUT2D eigenvalue weighted by molar-refractivity contribution is 9.10. The van der Waals surface area contributed by atoms with Crippen LogP contribution in [0.25, 0.3) is 0 Å². The van der Waals surface area contributed by atoms with E-state index in [0.717, 1.165) is 34.3 Å². The van der Waals surface area contributed by atoms with Crippen LogP contribution >= 0.6 is 15.9 Å². The van der Waals surface area contributed by atoms with Gasteiger partial charge in [-0.15, -0.1) is 5.10 Å². The SMILES string of the molecule is COc1ccc(Br)c(Cn2cc(CCCN)nn2)c1. The second-order valence-electron chi connectivity index (χ2n) is 4.26. The van der Waals surface area contributed by atoms with Crippen LogP contribution in [0.4, 0.5) is 0 Å². The van der Waals surface area contributed by atoms with Gasteiger partial charge in [-0.2, -0.15) is 0 Å². The van der Waals surface area contributed by atoms with Gasteiger partial charge in [-0.25, -0.2) is 4.68 Å². The van der Waals surface area contributed by atoms with E-state index in [1.165, 1.54) is 0 Å². The molecule has 0 unspecified atom stereocenters. The number of nitrogens with two attached hydrogens (primary N) is 1. The molecule has 0 fully saturated rings. The monoisotopic (exact) mass is 324 g/mol. The lowest BCUT2D eigenvalue weighted by atomic mass is 10.2. The van der Waals surface area contributed by atoms with Gasteiger partial charge >= 0.3 is 0 Å². The maximum Gasteiger partial charge on any atom is 0.119 e. The number of rotatable bonds is 6. The molecule has 1 aromatic carbocycles. The number of aromatic nitrogens is 3. The van der Waals surface area contributed by atoms with Crippen molar-refractivity contribution in [1.82, 2.24) is 15.0 Å². The van der Waals surface area contributed by atoms with E-state index in [-0.39, 0.29) is 0 Å². The van der Waals surface area contributed by atoms with Gasteiger partial charge in [0.2, 0.25) is 0 Å². The van der Waals surface area contributed by atoms with Crippen molar-refractivity contribution >= 4 is 15.9 Å². The second-order valence-corrected chi connectivity index (χ2v) is 5.11. The first-order chi connectivity index (χ1) is 9.22. The van der Waals surface area contributed by atoms with Gasteiger partial charge in [0.05, 0.1) is 19.3 Å². The molecule has 0 saturated carbocycles. The van der Waals surface area contributed by atoms with E-state index in [2.05, 4.69) is 26.2 Å². The fourth-order valence-electron chi connectivity index (χ4n) is 1.79. The zero-order valence-corrected chi connectivity index (χ0v) is 12.4. The van der Waals surface area contributed by atoms with Crippen LogP contribution in [0.1, 0.15) is 17.7 Å². The minimum absolute atomic E-state index is 0.660. The fourth-order valence-corrected chi connectivity index (χ4v) is 2.16. The highest BCUT2D eigenvalue weighted by Gasteiger charge is 2.06. The molecule has 5 nitrogen and oxygen atoms in total. The maximum atomic E-state index is 5.48. The van der Waals surface area contributed by atoms with Crippen LogP contribution in [0.2, 0.25) is 0 Å². The second kappa shape index (κ2) is 6.68. The molecular weight excluding hydrogens is 308 g/mol. The summed E-state index contributed by atoms with van der Waals surface area (Å²) in [4.78, 5) is 0. The summed E-state index contributed by atoms with van der Waals surface area (Å²) in [5, 5.41) is 8.26. The Labute approximate surface area is 120 Å². The fraction of sp³-hybridized carbons (Fsp3) is 0.385. The molecule has 0 spiro atoms. The first-order valence-corrected chi connectivity index (χ1v) is 6.93. The number of methoxy groups -OCH3 is 1. The number of aryl methyl sites for hydroxylation is 1. The molecule has 0 saturated heterocycles. The molecule has 2 aromatic rings. The number of hydrogen-bond acceptors (Lipinski definition) is 4. The smallest absolute Gasteiger partial charge is 0.119 e. The summed E-state index contributed by atoms with van der Waals surface area (Å²) in [6.07, 6.45) is 3.76. The summed E-state index contributed by atoms with van der Waals surface area (Å²) >= 11 is 3.53. The molecule has 19 heavy (non-hydrogen) atoms. The quantitative estimate of drug-likeness (QED) is 0.882. The predicted octanol–water partition coefficient (Wildman–Crippen LogP) is 1.99. The molecule has 0 aliphatic carbocycles. The van der Waals surface area contributed by atoms with Gasteiger partial charge in [-0.05, 0) is 43.1 Å². The van der Waals surface area contributed by atoms with Crippen LogP contribution in [-0.2, 0) is 13.0 Å². The van der Waals surface area contributed by atoms with Crippen molar-refractivity contribution in [2.75, 3.05) is 13.7 Å². The first kappa shape index (κ1) is 14.0. The molecule has 0 bridgehead atoms. The van der Waals surface area contributed by atoms with E-state index in [1.807, 2.05) is 29.1 Å². The third kappa shape index (κ3) is 3.78. The minimum atomic E-state index is 0.660. The summed E-state index contributed by atoms with van der Waals surface area (Å²) in [7, 11) is 1.66. The Morgan fingerprint density at radius 1 is 1.42 bits per heavy atom. The Morgan fingerprint density at radius 2 is 2.26 bits per heavy atom. The Balaban J connectivity index is 2.10. The van der Waals surface area contributed by atoms with Gasteiger partial charge in [-0.3, -0.25) is 0 Å². The average Bonchev–Trinajstić information content (AvgIpc) is 2.86. The molecular formula is C13H17BrN4O. The van der Waals surface area contributed by atoms with Gasteiger partial charge in [0, 0.05) is 10.7 Å². The Hall–Kier alpha value is -1.40. The van der Waals surface area contributed by atoms with Crippen molar-refractivity contribution in [2.45, 2.75) is 19.4 Å². The molecule has 102 valence electrons. The van der Waals surface area contributed by atoms with Gasteiger partial charge in [0.1, 0.15) is 5.75 Å². The third-order valence-corrected chi connectivity index (χ3v) is 3.58. The van der Waals surface area contributed by atoms with Gasteiger partial charge in [0.25, 0.3) is 0 Å². The van der Waals surface area contributed by atoms with Crippen LogP contribution in [0.15, 0.2) is 28.9 Å².